The lowest BCUT2D eigenvalue weighted by molar-refractivity contribution is -0.105. The van der Waals surface area contributed by atoms with Gasteiger partial charge in [-0.2, -0.15) is 0 Å². The Kier molecular flexibility index (Phi) is 5.63. The molecule has 3 atom stereocenters. The quantitative estimate of drug-likeness (QED) is 0.836. The largest absolute Gasteiger partial charge is 0.376 e. The van der Waals surface area contributed by atoms with E-state index in [4.69, 9.17) is 9.47 Å². The fourth-order valence-corrected chi connectivity index (χ4v) is 3.07. The van der Waals surface area contributed by atoms with Gasteiger partial charge in [-0.25, -0.2) is 0 Å². The predicted molar refractivity (Wildman–Crippen MR) is 77.4 cm³/mol. The maximum Gasteiger partial charge on any atom is 0.0936 e. The number of piperazine rings is 1. The lowest BCUT2D eigenvalue weighted by Gasteiger charge is -2.45. The third-order valence-electron chi connectivity index (χ3n) is 4.39. The first kappa shape index (κ1) is 15.2. The molecular weight excluding hydrogens is 240 g/mol. The summed E-state index contributed by atoms with van der Waals surface area (Å²) in [6, 6.07) is 1.21. The Morgan fingerprint density at radius 2 is 1.95 bits per heavy atom. The molecular formula is C15H30N2O2. The van der Waals surface area contributed by atoms with E-state index in [2.05, 4.69) is 37.9 Å². The Hall–Kier alpha value is -0.160. The minimum Gasteiger partial charge on any atom is -0.376 e. The van der Waals surface area contributed by atoms with Crippen LogP contribution >= 0.6 is 0 Å². The highest BCUT2D eigenvalue weighted by Gasteiger charge is 2.32. The highest BCUT2D eigenvalue weighted by Crippen LogP contribution is 2.19. The molecule has 2 aliphatic heterocycles. The molecule has 0 aliphatic carbocycles. The van der Waals surface area contributed by atoms with Crippen molar-refractivity contribution >= 4 is 0 Å². The molecule has 0 spiro atoms. The smallest absolute Gasteiger partial charge is 0.0936 e. The molecule has 0 radical (unpaired) electrons. The summed E-state index contributed by atoms with van der Waals surface area (Å²) in [5, 5.41) is 3.70. The van der Waals surface area contributed by atoms with Gasteiger partial charge in [0.05, 0.1) is 25.9 Å². The zero-order chi connectivity index (χ0) is 13.8. The van der Waals surface area contributed by atoms with Crippen molar-refractivity contribution in [2.75, 3.05) is 39.5 Å². The Balaban J connectivity index is 1.94. The van der Waals surface area contributed by atoms with E-state index < -0.39 is 0 Å². The van der Waals surface area contributed by atoms with E-state index in [1.807, 2.05) is 0 Å². The molecule has 2 heterocycles. The van der Waals surface area contributed by atoms with Gasteiger partial charge in [0, 0.05) is 31.7 Å². The van der Waals surface area contributed by atoms with Crippen LogP contribution in [0.1, 0.15) is 27.7 Å². The van der Waals surface area contributed by atoms with Crippen molar-refractivity contribution in [2.45, 2.75) is 45.9 Å². The van der Waals surface area contributed by atoms with Crippen LogP contribution in [0.15, 0.2) is 0 Å². The van der Waals surface area contributed by atoms with E-state index in [0.29, 0.717) is 23.9 Å². The molecule has 4 nitrogen and oxygen atoms in total. The normalized spacial score (nSPS) is 34.1. The molecule has 1 N–H and O–H groups in total. The summed E-state index contributed by atoms with van der Waals surface area (Å²) in [7, 11) is 0. The summed E-state index contributed by atoms with van der Waals surface area (Å²) in [5.41, 5.74) is 0. The molecule has 112 valence electrons. The van der Waals surface area contributed by atoms with Gasteiger partial charge in [-0.05, 0) is 11.8 Å². The van der Waals surface area contributed by atoms with Gasteiger partial charge in [-0.1, -0.05) is 27.7 Å². The van der Waals surface area contributed by atoms with E-state index >= 15 is 0 Å². The lowest BCUT2D eigenvalue weighted by Crippen LogP contribution is -2.61. The number of ether oxygens (including phenoxy) is 2. The van der Waals surface area contributed by atoms with Crippen molar-refractivity contribution in [1.82, 2.24) is 10.2 Å². The maximum absolute atomic E-state index is 5.82. The van der Waals surface area contributed by atoms with Gasteiger partial charge in [-0.15, -0.1) is 0 Å². The summed E-state index contributed by atoms with van der Waals surface area (Å²) in [6.07, 6.45) is 0.251. The Bertz CT molecular complexity index is 265. The first-order chi connectivity index (χ1) is 9.08. The van der Waals surface area contributed by atoms with Crippen molar-refractivity contribution in [3.05, 3.63) is 0 Å². The second kappa shape index (κ2) is 7.02. The molecule has 0 aromatic carbocycles. The molecule has 3 unspecified atom stereocenters. The molecule has 2 rings (SSSR count). The van der Waals surface area contributed by atoms with Gasteiger partial charge in [0.1, 0.15) is 0 Å². The van der Waals surface area contributed by atoms with Crippen LogP contribution in [0, 0.1) is 11.8 Å². The lowest BCUT2D eigenvalue weighted by atomic mass is 9.94. The molecule has 0 aromatic heterocycles. The van der Waals surface area contributed by atoms with E-state index in [1.54, 1.807) is 0 Å². The van der Waals surface area contributed by atoms with Gasteiger partial charge in [-0.3, -0.25) is 4.90 Å². The van der Waals surface area contributed by atoms with Crippen LogP contribution < -0.4 is 5.32 Å². The minimum atomic E-state index is 0.251. The van der Waals surface area contributed by atoms with Gasteiger partial charge in [0.25, 0.3) is 0 Å². The standard InChI is InChI=1S/C15H30N2O2/c1-11(2)14-9-17(15(7-16-14)12(3)4)8-13-10-18-5-6-19-13/h11-16H,5-10H2,1-4H3. The topological polar surface area (TPSA) is 33.7 Å². The van der Waals surface area contributed by atoms with Gasteiger partial charge in [0.15, 0.2) is 0 Å². The van der Waals surface area contributed by atoms with Crippen molar-refractivity contribution in [3.63, 3.8) is 0 Å². The first-order valence-corrected chi connectivity index (χ1v) is 7.74. The Morgan fingerprint density at radius 3 is 2.53 bits per heavy atom. The zero-order valence-corrected chi connectivity index (χ0v) is 12.9. The van der Waals surface area contributed by atoms with Crippen molar-refractivity contribution in [3.8, 4) is 0 Å². The second-order valence-electron chi connectivity index (χ2n) is 6.59. The molecule has 0 saturated carbocycles. The molecule has 0 aromatic rings. The highest BCUT2D eigenvalue weighted by molar-refractivity contribution is 4.90. The SMILES string of the molecule is CC(C)C1CN(CC2COCCO2)C(C(C)C)CN1. The number of hydrogen-bond donors (Lipinski definition) is 1. The molecule has 19 heavy (non-hydrogen) atoms. The van der Waals surface area contributed by atoms with Crippen molar-refractivity contribution in [1.29, 1.82) is 0 Å². The molecule has 2 fully saturated rings. The summed E-state index contributed by atoms with van der Waals surface area (Å²) in [4.78, 5) is 2.62. The number of hydrogen-bond acceptors (Lipinski definition) is 4. The highest BCUT2D eigenvalue weighted by atomic mass is 16.6. The molecule has 0 amide bonds. The monoisotopic (exact) mass is 270 g/mol. The van der Waals surface area contributed by atoms with Gasteiger partial charge >= 0.3 is 0 Å². The van der Waals surface area contributed by atoms with Crippen molar-refractivity contribution < 1.29 is 9.47 Å². The number of nitrogens with zero attached hydrogens (tertiary/aromatic N) is 1. The van der Waals surface area contributed by atoms with Crippen LogP contribution in [-0.4, -0.2) is 62.5 Å². The second-order valence-corrected chi connectivity index (χ2v) is 6.59. The van der Waals surface area contributed by atoms with Crippen LogP contribution in [0.4, 0.5) is 0 Å². The fraction of sp³-hybridized carbons (Fsp3) is 1.00. The van der Waals surface area contributed by atoms with E-state index in [0.717, 1.165) is 39.5 Å². The minimum absolute atomic E-state index is 0.251. The average Bonchev–Trinajstić information content (AvgIpc) is 2.39. The zero-order valence-electron chi connectivity index (χ0n) is 12.9. The van der Waals surface area contributed by atoms with Crippen LogP contribution in [0.3, 0.4) is 0 Å². The van der Waals surface area contributed by atoms with Crippen LogP contribution in [0.5, 0.6) is 0 Å². The summed E-state index contributed by atoms with van der Waals surface area (Å²) in [5.74, 6) is 1.35. The summed E-state index contributed by atoms with van der Waals surface area (Å²) < 4.78 is 11.3. The third-order valence-corrected chi connectivity index (χ3v) is 4.39. The molecule has 2 saturated heterocycles. The number of rotatable bonds is 4. The summed E-state index contributed by atoms with van der Waals surface area (Å²) >= 11 is 0. The van der Waals surface area contributed by atoms with Crippen LogP contribution in [-0.2, 0) is 9.47 Å². The predicted octanol–water partition coefficient (Wildman–Crippen LogP) is 1.36. The van der Waals surface area contributed by atoms with Crippen LogP contribution in [0.2, 0.25) is 0 Å². The Morgan fingerprint density at radius 1 is 1.16 bits per heavy atom. The van der Waals surface area contributed by atoms with E-state index in [1.165, 1.54) is 0 Å². The maximum atomic E-state index is 5.82. The van der Waals surface area contributed by atoms with Gasteiger partial charge < -0.3 is 14.8 Å². The Labute approximate surface area is 117 Å². The molecule has 2 aliphatic rings. The molecule has 4 heteroatoms. The van der Waals surface area contributed by atoms with Crippen LogP contribution in [0.25, 0.3) is 0 Å². The fourth-order valence-electron chi connectivity index (χ4n) is 3.07. The van der Waals surface area contributed by atoms with Crippen molar-refractivity contribution in [2.24, 2.45) is 11.8 Å². The van der Waals surface area contributed by atoms with E-state index in [9.17, 15) is 0 Å². The van der Waals surface area contributed by atoms with E-state index in [-0.39, 0.29) is 6.10 Å². The average molecular weight is 270 g/mol. The number of nitrogens with one attached hydrogen (secondary N) is 1. The third kappa shape index (κ3) is 4.15. The van der Waals surface area contributed by atoms with Gasteiger partial charge in [0.2, 0.25) is 0 Å². The molecule has 0 bridgehead atoms. The first-order valence-electron chi connectivity index (χ1n) is 7.74. The summed E-state index contributed by atoms with van der Waals surface area (Å²) in [6.45, 7) is 14.7.